The van der Waals surface area contributed by atoms with Gasteiger partial charge in [-0.15, -0.1) is 0 Å². The van der Waals surface area contributed by atoms with E-state index in [2.05, 4.69) is 13.8 Å². The number of nitrogens with two attached hydrogens (primary N) is 1. The van der Waals surface area contributed by atoms with Crippen LogP contribution < -0.4 is 5.73 Å². The van der Waals surface area contributed by atoms with Gasteiger partial charge in [0.05, 0.1) is 12.2 Å². The minimum Gasteiger partial charge on any atom is -0.375 e. The Hall–Kier alpha value is -0.0800. The maximum Gasteiger partial charge on any atom is 0.0608 e. The van der Waals surface area contributed by atoms with E-state index in [1.807, 2.05) is 0 Å². The van der Waals surface area contributed by atoms with Crippen LogP contribution in [0.25, 0.3) is 0 Å². The second kappa shape index (κ2) is 4.07. The Kier molecular flexibility index (Phi) is 3.34. The van der Waals surface area contributed by atoms with Crippen molar-refractivity contribution in [1.29, 1.82) is 0 Å². The molecule has 2 N–H and O–H groups in total. The lowest BCUT2D eigenvalue weighted by Gasteiger charge is -2.34. The van der Waals surface area contributed by atoms with Crippen LogP contribution in [0.5, 0.6) is 0 Å². The Morgan fingerprint density at radius 1 is 1.55 bits per heavy atom. The molecule has 0 spiro atoms. The monoisotopic (exact) mass is 157 g/mol. The van der Waals surface area contributed by atoms with E-state index in [-0.39, 0.29) is 0 Å². The third-order valence-electron chi connectivity index (χ3n) is 2.25. The summed E-state index contributed by atoms with van der Waals surface area (Å²) in [5.74, 6) is 0. The van der Waals surface area contributed by atoms with Gasteiger partial charge in [0.15, 0.2) is 0 Å². The molecule has 1 atom stereocenters. The van der Waals surface area contributed by atoms with Crippen LogP contribution in [-0.2, 0) is 4.74 Å². The fraction of sp³-hybridized carbons (Fsp3) is 1.00. The van der Waals surface area contributed by atoms with Gasteiger partial charge >= 0.3 is 0 Å². The average molecular weight is 157 g/mol. The standard InChI is InChI=1S/C9H19NO/c1-3-4-7(2)11-9-5-8(10)6-9/h7-9H,3-6,10H2,1-2H3. The van der Waals surface area contributed by atoms with Gasteiger partial charge in [-0.2, -0.15) is 0 Å². The normalized spacial score (nSPS) is 33.0. The first-order valence-corrected chi connectivity index (χ1v) is 4.63. The molecule has 1 saturated carbocycles. The maximum absolute atomic E-state index is 5.72. The van der Waals surface area contributed by atoms with E-state index in [4.69, 9.17) is 10.5 Å². The quantitative estimate of drug-likeness (QED) is 0.674. The van der Waals surface area contributed by atoms with Crippen molar-refractivity contribution in [1.82, 2.24) is 0 Å². The number of hydrogen-bond donors (Lipinski definition) is 1. The molecule has 0 aromatic rings. The zero-order chi connectivity index (χ0) is 8.27. The van der Waals surface area contributed by atoms with Crippen LogP contribution in [0.4, 0.5) is 0 Å². The van der Waals surface area contributed by atoms with Gasteiger partial charge in [-0.3, -0.25) is 0 Å². The predicted molar refractivity (Wildman–Crippen MR) is 46.5 cm³/mol. The van der Waals surface area contributed by atoms with Gasteiger partial charge in [-0.05, 0) is 26.2 Å². The summed E-state index contributed by atoms with van der Waals surface area (Å²) in [7, 11) is 0. The van der Waals surface area contributed by atoms with Gasteiger partial charge in [0, 0.05) is 6.04 Å². The Labute approximate surface area is 69.1 Å². The van der Waals surface area contributed by atoms with E-state index in [9.17, 15) is 0 Å². The van der Waals surface area contributed by atoms with Gasteiger partial charge in [0.1, 0.15) is 0 Å². The maximum atomic E-state index is 5.72. The third-order valence-corrected chi connectivity index (χ3v) is 2.25. The minimum absolute atomic E-state index is 0.411. The number of hydrogen-bond acceptors (Lipinski definition) is 2. The van der Waals surface area contributed by atoms with E-state index in [1.54, 1.807) is 0 Å². The SMILES string of the molecule is CCCC(C)OC1CC(N)C1. The Morgan fingerprint density at radius 2 is 2.18 bits per heavy atom. The van der Waals surface area contributed by atoms with E-state index >= 15 is 0 Å². The molecule has 11 heavy (non-hydrogen) atoms. The second-order valence-electron chi connectivity index (χ2n) is 3.59. The summed E-state index contributed by atoms with van der Waals surface area (Å²) in [6.45, 7) is 4.33. The fourth-order valence-corrected chi connectivity index (χ4v) is 1.52. The van der Waals surface area contributed by atoms with Gasteiger partial charge in [-0.25, -0.2) is 0 Å². The highest BCUT2D eigenvalue weighted by atomic mass is 16.5. The number of rotatable bonds is 4. The summed E-state index contributed by atoms with van der Waals surface area (Å²) in [6, 6.07) is 0.411. The van der Waals surface area contributed by atoms with E-state index in [1.165, 1.54) is 12.8 Å². The molecule has 1 aliphatic carbocycles. The Morgan fingerprint density at radius 3 is 2.64 bits per heavy atom. The molecule has 0 radical (unpaired) electrons. The fourth-order valence-electron chi connectivity index (χ4n) is 1.52. The summed E-state index contributed by atoms with van der Waals surface area (Å²) < 4.78 is 5.72. The van der Waals surface area contributed by atoms with Crippen LogP contribution in [0.1, 0.15) is 39.5 Å². The molecule has 0 aromatic heterocycles. The van der Waals surface area contributed by atoms with Crippen LogP contribution >= 0.6 is 0 Å². The van der Waals surface area contributed by atoms with E-state index in [0.717, 1.165) is 12.8 Å². The van der Waals surface area contributed by atoms with Crippen molar-refractivity contribution in [3.05, 3.63) is 0 Å². The highest BCUT2D eigenvalue weighted by Gasteiger charge is 2.27. The summed E-state index contributed by atoms with van der Waals surface area (Å²) in [5, 5.41) is 0. The molecule has 2 nitrogen and oxygen atoms in total. The molecule has 0 aliphatic heterocycles. The van der Waals surface area contributed by atoms with Crippen molar-refractivity contribution in [2.45, 2.75) is 57.8 Å². The third kappa shape index (κ3) is 2.80. The largest absolute Gasteiger partial charge is 0.375 e. The van der Waals surface area contributed by atoms with Crippen LogP contribution in [0, 0.1) is 0 Å². The topological polar surface area (TPSA) is 35.2 Å². The first-order valence-electron chi connectivity index (χ1n) is 4.63. The highest BCUT2D eigenvalue weighted by Crippen LogP contribution is 2.23. The molecular formula is C9H19NO. The van der Waals surface area contributed by atoms with Gasteiger partial charge in [0.25, 0.3) is 0 Å². The molecule has 66 valence electrons. The molecule has 0 amide bonds. The van der Waals surface area contributed by atoms with Crippen molar-refractivity contribution in [3.63, 3.8) is 0 Å². The van der Waals surface area contributed by atoms with Crippen molar-refractivity contribution in [3.8, 4) is 0 Å². The molecule has 0 saturated heterocycles. The summed E-state index contributed by atoms with van der Waals surface area (Å²) in [5.41, 5.74) is 5.64. The van der Waals surface area contributed by atoms with Gasteiger partial charge in [0.2, 0.25) is 0 Å². The molecule has 1 unspecified atom stereocenters. The lowest BCUT2D eigenvalue weighted by Crippen LogP contribution is -2.42. The Balaban J connectivity index is 2.02. The zero-order valence-electron chi connectivity index (χ0n) is 7.55. The first-order chi connectivity index (χ1) is 5.22. The molecule has 1 aliphatic rings. The van der Waals surface area contributed by atoms with Gasteiger partial charge in [-0.1, -0.05) is 13.3 Å². The van der Waals surface area contributed by atoms with Crippen molar-refractivity contribution in [2.24, 2.45) is 5.73 Å². The Bertz CT molecular complexity index is 107. The molecular weight excluding hydrogens is 138 g/mol. The number of ether oxygens (including phenoxy) is 1. The molecule has 2 heteroatoms. The zero-order valence-corrected chi connectivity index (χ0v) is 7.55. The molecule has 0 bridgehead atoms. The first kappa shape index (κ1) is 9.01. The second-order valence-corrected chi connectivity index (χ2v) is 3.59. The van der Waals surface area contributed by atoms with Crippen LogP contribution in [0.15, 0.2) is 0 Å². The van der Waals surface area contributed by atoms with Crippen molar-refractivity contribution in [2.75, 3.05) is 0 Å². The van der Waals surface area contributed by atoms with Crippen LogP contribution in [0.3, 0.4) is 0 Å². The predicted octanol–water partition coefficient (Wildman–Crippen LogP) is 1.68. The minimum atomic E-state index is 0.411. The lowest BCUT2D eigenvalue weighted by molar-refractivity contribution is -0.0539. The van der Waals surface area contributed by atoms with Crippen LogP contribution in [0.2, 0.25) is 0 Å². The van der Waals surface area contributed by atoms with Crippen molar-refractivity contribution >= 4 is 0 Å². The van der Waals surface area contributed by atoms with E-state index < -0.39 is 0 Å². The average Bonchev–Trinajstić information content (AvgIpc) is 1.85. The molecule has 1 fully saturated rings. The summed E-state index contributed by atoms with van der Waals surface area (Å²) >= 11 is 0. The molecule has 0 aromatic carbocycles. The summed E-state index contributed by atoms with van der Waals surface area (Å²) in [4.78, 5) is 0. The van der Waals surface area contributed by atoms with Crippen LogP contribution in [-0.4, -0.2) is 18.2 Å². The highest BCUT2D eigenvalue weighted by molar-refractivity contribution is 4.83. The lowest BCUT2D eigenvalue weighted by atomic mass is 9.90. The smallest absolute Gasteiger partial charge is 0.0608 e. The molecule has 1 rings (SSSR count). The van der Waals surface area contributed by atoms with E-state index in [0.29, 0.717) is 18.2 Å². The summed E-state index contributed by atoms with van der Waals surface area (Å²) in [6.07, 6.45) is 5.40. The van der Waals surface area contributed by atoms with Gasteiger partial charge < -0.3 is 10.5 Å². The van der Waals surface area contributed by atoms with Crippen molar-refractivity contribution < 1.29 is 4.74 Å². The molecule has 0 heterocycles.